The van der Waals surface area contributed by atoms with E-state index in [9.17, 15) is 8.78 Å². The third-order valence-electron chi connectivity index (χ3n) is 4.96. The summed E-state index contributed by atoms with van der Waals surface area (Å²) in [6.45, 7) is 9.04. The van der Waals surface area contributed by atoms with Crippen molar-refractivity contribution >= 4 is 16.8 Å². The van der Waals surface area contributed by atoms with Crippen molar-refractivity contribution in [3.05, 3.63) is 81.9 Å². The van der Waals surface area contributed by atoms with Crippen molar-refractivity contribution in [2.75, 3.05) is 6.54 Å². The average molecular weight is 516 g/mol. The molecule has 172 valence electrons. The topological polar surface area (TPSA) is 34.3 Å². The third-order valence-corrected chi connectivity index (χ3v) is 4.96. The molecule has 0 saturated heterocycles. The van der Waals surface area contributed by atoms with Gasteiger partial charge in [-0.05, 0) is 17.4 Å². The van der Waals surface area contributed by atoms with Gasteiger partial charge < -0.3 is 35.5 Å². The molecule has 0 saturated carbocycles. The maximum absolute atomic E-state index is 13.5. The van der Waals surface area contributed by atoms with Crippen molar-refractivity contribution in [1.82, 2.24) is 0 Å². The van der Waals surface area contributed by atoms with Crippen LogP contribution in [0.3, 0.4) is 0 Å². The molecule has 32 heavy (non-hydrogen) atoms. The first-order valence-corrected chi connectivity index (χ1v) is 10.0. The Labute approximate surface area is 217 Å². The zero-order valence-corrected chi connectivity index (χ0v) is 21.9. The Hall–Kier alpha value is -1.01. The molecular formula is C25H29Cl2F2NOTi. The maximum atomic E-state index is 13.5. The summed E-state index contributed by atoms with van der Waals surface area (Å²) in [6, 6.07) is 6.36. The van der Waals surface area contributed by atoms with E-state index < -0.39 is 11.6 Å². The Kier molecular flexibility index (Phi) is 17.2. The summed E-state index contributed by atoms with van der Waals surface area (Å²) >= 11 is 0. The fraction of sp³-hybridized carbons (Fsp3) is 0.360. The van der Waals surface area contributed by atoms with Gasteiger partial charge in [0, 0.05) is 17.0 Å². The monoisotopic (exact) mass is 515 g/mol. The summed E-state index contributed by atoms with van der Waals surface area (Å²) in [4.78, 5) is 0. The molecule has 7 heteroatoms. The first-order valence-electron chi connectivity index (χ1n) is 10.0. The van der Waals surface area contributed by atoms with E-state index in [0.29, 0.717) is 23.4 Å². The Morgan fingerprint density at radius 1 is 1.16 bits per heavy atom. The molecular weight excluding hydrogens is 487 g/mol. The molecule has 0 heterocycles. The van der Waals surface area contributed by atoms with Crippen molar-refractivity contribution in [3.63, 3.8) is 0 Å². The third kappa shape index (κ3) is 9.09. The van der Waals surface area contributed by atoms with Crippen LogP contribution >= 0.6 is 0 Å². The Morgan fingerprint density at radius 2 is 1.84 bits per heavy atom. The number of benzene rings is 2. The molecule has 2 aliphatic rings. The van der Waals surface area contributed by atoms with Crippen LogP contribution in [0.2, 0.25) is 0 Å². The predicted molar refractivity (Wildman–Crippen MR) is 117 cm³/mol. The largest absolute Gasteiger partial charge is 4.00 e. The van der Waals surface area contributed by atoms with Crippen LogP contribution < -0.4 is 24.8 Å². The zero-order valence-electron chi connectivity index (χ0n) is 18.9. The second-order valence-corrected chi connectivity index (χ2v) is 7.33. The molecule has 4 rings (SSSR count). The molecule has 0 amide bonds. The summed E-state index contributed by atoms with van der Waals surface area (Å²) < 4.78 is 27.0. The Balaban J connectivity index is 0. The molecule has 0 aromatic heterocycles. The van der Waals surface area contributed by atoms with Gasteiger partial charge in [-0.25, -0.2) is 19.9 Å². The number of hydrogen-bond donors (Lipinski definition) is 1. The normalized spacial score (nSPS) is 14.9. The van der Waals surface area contributed by atoms with E-state index in [0.717, 1.165) is 36.3 Å². The molecule has 0 aliphatic heterocycles. The standard InChI is InChI=1S/C13H8F2.C8H11.C4H10NO.2ClH.Ti/c14-11-7-12(15)10-6-2-4-8-3-1-5-9(11)13(8)10;1-6-4-7(2)8(3)5-6;1-2-3-4-5-6;;;/h1-3,5-7H,4H2;4,6H,1-3H3;6H,2-4H2,1H3;2*1H;/q;2*-1;;;+4/p-2. The summed E-state index contributed by atoms with van der Waals surface area (Å²) in [5.41, 5.74) is 7.13. The number of hydrogen-bond acceptors (Lipinski definition) is 1. The second-order valence-electron chi connectivity index (χ2n) is 7.33. The van der Waals surface area contributed by atoms with Crippen molar-refractivity contribution in [2.45, 2.75) is 47.0 Å². The minimum atomic E-state index is -0.483. The van der Waals surface area contributed by atoms with E-state index in [1.54, 1.807) is 12.1 Å². The minimum absolute atomic E-state index is 0. The SMILES string of the molecule is CC1=[C-]C(C)C=C1C.CCCC[N-]O.Fc1cc(F)c2cccc3c2c1C=CC3.[Cl-].[Cl-].[Ti+4]. The number of hydroxylamine groups is 1. The molecule has 2 aromatic carbocycles. The number of halogens is 4. The molecule has 1 atom stereocenters. The molecule has 2 aromatic rings. The van der Waals surface area contributed by atoms with Crippen LogP contribution in [-0.2, 0) is 28.1 Å². The van der Waals surface area contributed by atoms with Crippen LogP contribution in [0.1, 0.15) is 51.7 Å². The van der Waals surface area contributed by atoms with Crippen LogP contribution in [0.25, 0.3) is 22.3 Å². The zero-order chi connectivity index (χ0) is 21.4. The Morgan fingerprint density at radius 3 is 2.31 bits per heavy atom. The van der Waals surface area contributed by atoms with Crippen molar-refractivity contribution in [2.24, 2.45) is 5.92 Å². The van der Waals surface area contributed by atoms with Gasteiger partial charge in [0.2, 0.25) is 0 Å². The molecule has 2 nitrogen and oxygen atoms in total. The number of nitrogens with zero attached hydrogens (tertiary/aromatic N) is 1. The second kappa shape index (κ2) is 16.6. The van der Waals surface area contributed by atoms with E-state index in [2.05, 4.69) is 45.3 Å². The van der Waals surface area contributed by atoms with Gasteiger partial charge in [0.15, 0.2) is 0 Å². The van der Waals surface area contributed by atoms with Gasteiger partial charge in [-0.1, -0.05) is 69.9 Å². The van der Waals surface area contributed by atoms with Gasteiger partial charge >= 0.3 is 21.7 Å². The average Bonchev–Trinajstić information content (AvgIpc) is 3.00. The molecule has 1 unspecified atom stereocenters. The van der Waals surface area contributed by atoms with Gasteiger partial charge in [0.25, 0.3) is 0 Å². The van der Waals surface area contributed by atoms with E-state index in [-0.39, 0.29) is 46.5 Å². The smallest absolute Gasteiger partial charge is 1.00 e. The van der Waals surface area contributed by atoms with Crippen molar-refractivity contribution < 1.29 is 60.5 Å². The summed E-state index contributed by atoms with van der Waals surface area (Å²) in [6.07, 6.45) is 12.0. The summed E-state index contributed by atoms with van der Waals surface area (Å²) in [5.74, 6) is -0.415. The van der Waals surface area contributed by atoms with Gasteiger partial charge in [-0.2, -0.15) is 6.08 Å². The van der Waals surface area contributed by atoms with Crippen molar-refractivity contribution in [3.8, 4) is 0 Å². The van der Waals surface area contributed by atoms with Gasteiger partial charge in [0.1, 0.15) is 11.6 Å². The van der Waals surface area contributed by atoms with Gasteiger partial charge in [0.05, 0.1) is 0 Å². The van der Waals surface area contributed by atoms with Crippen LogP contribution in [0.15, 0.2) is 47.6 Å². The fourth-order valence-electron chi connectivity index (χ4n) is 3.37. The predicted octanol–water partition coefficient (Wildman–Crippen LogP) is 1.57. The van der Waals surface area contributed by atoms with E-state index in [1.165, 1.54) is 11.1 Å². The minimum Gasteiger partial charge on any atom is -1.00 e. The van der Waals surface area contributed by atoms with E-state index >= 15 is 0 Å². The van der Waals surface area contributed by atoms with Crippen LogP contribution in [0, 0.1) is 23.6 Å². The van der Waals surface area contributed by atoms with Crippen LogP contribution in [-0.4, -0.2) is 11.8 Å². The maximum Gasteiger partial charge on any atom is 4.00 e. The first kappa shape index (κ1) is 33.2. The number of rotatable bonds is 3. The molecule has 0 spiro atoms. The summed E-state index contributed by atoms with van der Waals surface area (Å²) in [7, 11) is 0. The van der Waals surface area contributed by atoms with Crippen LogP contribution in [0.4, 0.5) is 8.78 Å². The number of unbranched alkanes of at least 4 members (excludes halogenated alkanes) is 1. The molecule has 0 bridgehead atoms. The summed E-state index contributed by atoms with van der Waals surface area (Å²) in [5, 5.41) is 9.05. The molecule has 0 radical (unpaired) electrons. The van der Waals surface area contributed by atoms with Crippen LogP contribution in [0.5, 0.6) is 0 Å². The molecule has 1 N–H and O–H groups in total. The van der Waals surface area contributed by atoms with Crippen molar-refractivity contribution in [1.29, 1.82) is 0 Å². The van der Waals surface area contributed by atoms with Gasteiger partial charge in [-0.15, -0.1) is 13.5 Å². The first-order chi connectivity index (χ1) is 13.9. The van der Waals surface area contributed by atoms with Gasteiger partial charge in [-0.3, -0.25) is 6.08 Å². The van der Waals surface area contributed by atoms with E-state index in [4.69, 9.17) is 5.21 Å². The molecule has 0 fully saturated rings. The quantitative estimate of drug-likeness (QED) is 0.286. The number of allylic oxidation sites excluding steroid dienone is 5. The van der Waals surface area contributed by atoms with E-state index in [1.807, 2.05) is 18.2 Å². The fourth-order valence-corrected chi connectivity index (χ4v) is 3.37. The molecule has 2 aliphatic carbocycles. The Bertz CT molecular complexity index is 923.